The summed E-state index contributed by atoms with van der Waals surface area (Å²) in [5, 5.41) is 9.76. The number of sulfonamides is 1. The zero-order valence-electron chi connectivity index (χ0n) is 13.7. The fourth-order valence-corrected chi connectivity index (χ4v) is 3.36. The van der Waals surface area contributed by atoms with Crippen LogP contribution in [-0.2, 0) is 19.6 Å². The van der Waals surface area contributed by atoms with Crippen LogP contribution in [0.3, 0.4) is 0 Å². The molecule has 1 heterocycles. The topological polar surface area (TPSA) is 93.1 Å². The molecule has 8 heteroatoms. The first kappa shape index (κ1) is 17.6. The van der Waals surface area contributed by atoms with Crippen LogP contribution in [0.15, 0.2) is 18.2 Å². The molecule has 2 rings (SSSR count). The van der Waals surface area contributed by atoms with Crippen LogP contribution >= 0.6 is 0 Å². The summed E-state index contributed by atoms with van der Waals surface area (Å²) in [6.07, 6.45) is 0.206. The van der Waals surface area contributed by atoms with Crippen molar-refractivity contribution in [2.75, 3.05) is 13.3 Å². The van der Waals surface area contributed by atoms with E-state index < -0.39 is 33.7 Å². The highest BCUT2D eigenvalue weighted by atomic mass is 32.2. The van der Waals surface area contributed by atoms with Gasteiger partial charge in [0.25, 0.3) is 0 Å². The third-order valence-corrected chi connectivity index (χ3v) is 5.14. The first-order valence-corrected chi connectivity index (χ1v) is 8.90. The Hall–Kier alpha value is -1.80. The van der Waals surface area contributed by atoms with Gasteiger partial charge in [-0.05, 0) is 32.0 Å². The Labute approximate surface area is 135 Å². The van der Waals surface area contributed by atoms with E-state index in [-0.39, 0.29) is 5.75 Å². The molecule has 0 spiro atoms. The quantitative estimate of drug-likeness (QED) is 0.835. The van der Waals surface area contributed by atoms with E-state index in [0.717, 1.165) is 10.6 Å². The lowest BCUT2D eigenvalue weighted by Crippen LogP contribution is -2.55. The van der Waals surface area contributed by atoms with E-state index in [2.05, 4.69) is 0 Å². The van der Waals surface area contributed by atoms with Gasteiger partial charge >= 0.3 is 5.97 Å². The van der Waals surface area contributed by atoms with Crippen molar-refractivity contribution in [1.29, 1.82) is 0 Å². The maximum Gasteiger partial charge on any atom is 0.303 e. The summed E-state index contributed by atoms with van der Waals surface area (Å²) >= 11 is 0. The third kappa shape index (κ3) is 3.42. The SMILES string of the molecule is CC(=O)O[C@H]1[C@H](N(C)S(C)(=O)=O)c2cc(O)ccc2OC1(C)C. The Morgan fingerprint density at radius 3 is 2.52 bits per heavy atom. The van der Waals surface area contributed by atoms with Crippen LogP contribution < -0.4 is 4.74 Å². The molecular weight excluding hydrogens is 322 g/mol. The van der Waals surface area contributed by atoms with E-state index in [0.29, 0.717) is 11.3 Å². The summed E-state index contributed by atoms with van der Waals surface area (Å²) in [5.41, 5.74) is -0.497. The molecule has 1 N–H and O–H groups in total. The number of ether oxygens (including phenoxy) is 2. The molecule has 1 aliphatic heterocycles. The van der Waals surface area contributed by atoms with Crippen molar-refractivity contribution in [3.05, 3.63) is 23.8 Å². The Morgan fingerprint density at radius 1 is 1.39 bits per heavy atom. The zero-order valence-corrected chi connectivity index (χ0v) is 14.5. The summed E-state index contributed by atoms with van der Waals surface area (Å²) in [6.45, 7) is 4.70. The van der Waals surface area contributed by atoms with Crippen molar-refractivity contribution in [2.45, 2.75) is 38.5 Å². The molecule has 0 fully saturated rings. The third-order valence-electron chi connectivity index (χ3n) is 3.86. The van der Waals surface area contributed by atoms with Gasteiger partial charge in [0.05, 0.1) is 12.3 Å². The van der Waals surface area contributed by atoms with Gasteiger partial charge in [-0.1, -0.05) is 0 Å². The number of fused-ring (bicyclic) bond motifs is 1. The highest BCUT2D eigenvalue weighted by molar-refractivity contribution is 7.88. The molecule has 2 atom stereocenters. The summed E-state index contributed by atoms with van der Waals surface area (Å²) in [6, 6.07) is 3.64. The Bertz CT molecular complexity index is 727. The number of carbonyl (C=O) groups excluding carboxylic acids is 1. The highest BCUT2D eigenvalue weighted by Crippen LogP contribution is 2.45. The number of nitrogens with zero attached hydrogens (tertiary/aromatic N) is 1. The maximum absolute atomic E-state index is 12.0. The van der Waals surface area contributed by atoms with Gasteiger partial charge in [-0.2, -0.15) is 4.31 Å². The molecule has 0 unspecified atom stereocenters. The molecular formula is C15H21NO6S. The second kappa shape index (κ2) is 5.68. The van der Waals surface area contributed by atoms with Crippen molar-refractivity contribution in [3.63, 3.8) is 0 Å². The molecule has 0 aliphatic carbocycles. The lowest BCUT2D eigenvalue weighted by molar-refractivity contribution is -0.165. The number of carbonyl (C=O) groups is 1. The number of phenolic OH excluding ortho intramolecular Hbond substituents is 1. The summed E-state index contributed by atoms with van der Waals surface area (Å²) in [4.78, 5) is 11.5. The largest absolute Gasteiger partial charge is 0.508 e. The second-order valence-corrected chi connectivity index (χ2v) is 8.22. The standard InChI is InChI=1S/C15H21NO6S/c1-9(17)21-14-13(16(4)23(5,19)20)11-8-10(18)6-7-12(11)22-15(14,2)3/h6-8,13-14,18H,1-5H3/t13-,14+/m1/s1. The van der Waals surface area contributed by atoms with Crippen molar-refractivity contribution < 1.29 is 27.8 Å². The molecule has 0 aromatic heterocycles. The van der Waals surface area contributed by atoms with Crippen molar-refractivity contribution >= 4 is 16.0 Å². The number of phenols is 1. The van der Waals surface area contributed by atoms with Crippen LogP contribution in [-0.4, -0.2) is 48.8 Å². The fourth-order valence-electron chi connectivity index (χ4n) is 2.72. The second-order valence-electron chi connectivity index (χ2n) is 6.18. The van der Waals surface area contributed by atoms with Crippen molar-refractivity contribution in [3.8, 4) is 11.5 Å². The van der Waals surface area contributed by atoms with E-state index in [9.17, 15) is 18.3 Å². The summed E-state index contributed by atoms with van der Waals surface area (Å²) < 4.78 is 36.5. The lowest BCUT2D eigenvalue weighted by atomic mass is 9.86. The van der Waals surface area contributed by atoms with E-state index in [4.69, 9.17) is 9.47 Å². The predicted molar refractivity (Wildman–Crippen MR) is 83.7 cm³/mol. The summed E-state index contributed by atoms with van der Waals surface area (Å²) in [5.74, 6) is -0.126. The number of hydrogen-bond acceptors (Lipinski definition) is 6. The molecule has 128 valence electrons. The van der Waals surface area contributed by atoms with Crippen LogP contribution in [0.1, 0.15) is 32.4 Å². The lowest BCUT2D eigenvalue weighted by Gasteiger charge is -2.46. The van der Waals surface area contributed by atoms with Gasteiger partial charge in [0, 0.05) is 19.5 Å². The van der Waals surface area contributed by atoms with Gasteiger partial charge in [0.1, 0.15) is 17.1 Å². The number of benzene rings is 1. The van der Waals surface area contributed by atoms with Crippen LogP contribution in [0.2, 0.25) is 0 Å². The summed E-state index contributed by atoms with van der Waals surface area (Å²) in [7, 11) is -2.16. The molecule has 0 saturated carbocycles. The number of rotatable bonds is 3. The van der Waals surface area contributed by atoms with E-state index in [1.54, 1.807) is 19.9 Å². The Morgan fingerprint density at radius 2 is 2.00 bits per heavy atom. The zero-order chi connectivity index (χ0) is 17.6. The van der Waals surface area contributed by atoms with Crippen molar-refractivity contribution in [2.24, 2.45) is 0 Å². The molecule has 1 aromatic carbocycles. The van der Waals surface area contributed by atoms with Gasteiger partial charge in [-0.15, -0.1) is 0 Å². The first-order chi connectivity index (χ1) is 10.4. The van der Waals surface area contributed by atoms with Crippen molar-refractivity contribution in [1.82, 2.24) is 4.31 Å². The minimum absolute atomic E-state index is 0.0273. The molecule has 0 bridgehead atoms. The van der Waals surface area contributed by atoms with Gasteiger partial charge in [-0.3, -0.25) is 4.79 Å². The van der Waals surface area contributed by atoms with E-state index >= 15 is 0 Å². The van der Waals surface area contributed by atoms with Gasteiger partial charge in [-0.25, -0.2) is 8.42 Å². The number of likely N-dealkylation sites (N-methyl/N-ethyl adjacent to an activating group) is 1. The monoisotopic (exact) mass is 343 g/mol. The number of hydrogen-bond donors (Lipinski definition) is 1. The molecule has 0 radical (unpaired) electrons. The van der Waals surface area contributed by atoms with Crippen LogP contribution in [0.5, 0.6) is 11.5 Å². The van der Waals surface area contributed by atoms with Gasteiger partial charge in [0.15, 0.2) is 6.10 Å². The van der Waals surface area contributed by atoms with Crippen LogP contribution in [0, 0.1) is 0 Å². The molecule has 1 aliphatic rings. The molecule has 1 aromatic rings. The predicted octanol–water partition coefficient (Wildman–Crippen LogP) is 1.43. The maximum atomic E-state index is 12.0. The first-order valence-electron chi connectivity index (χ1n) is 7.05. The minimum atomic E-state index is -3.57. The van der Waals surface area contributed by atoms with E-state index in [1.165, 1.54) is 26.1 Å². The highest BCUT2D eigenvalue weighted by Gasteiger charge is 2.49. The normalized spacial score (nSPS) is 23.0. The minimum Gasteiger partial charge on any atom is -0.508 e. The number of aromatic hydroxyl groups is 1. The molecule has 0 saturated heterocycles. The van der Waals surface area contributed by atoms with Gasteiger partial charge in [0.2, 0.25) is 10.0 Å². The van der Waals surface area contributed by atoms with Crippen LogP contribution in [0.4, 0.5) is 0 Å². The fraction of sp³-hybridized carbons (Fsp3) is 0.533. The van der Waals surface area contributed by atoms with E-state index in [1.807, 2.05) is 0 Å². The molecule has 7 nitrogen and oxygen atoms in total. The number of esters is 1. The van der Waals surface area contributed by atoms with Gasteiger partial charge < -0.3 is 14.6 Å². The Kier molecular flexibility index (Phi) is 4.34. The van der Waals surface area contributed by atoms with Crippen LogP contribution in [0.25, 0.3) is 0 Å². The average Bonchev–Trinajstić information content (AvgIpc) is 2.38. The molecule has 0 amide bonds. The smallest absolute Gasteiger partial charge is 0.303 e. The Balaban J connectivity index is 2.66. The molecule has 23 heavy (non-hydrogen) atoms. The average molecular weight is 343 g/mol.